The Hall–Kier alpha value is -1.85. The number of aliphatic carboxylic acids is 1. The Morgan fingerprint density at radius 3 is 1.40 bits per heavy atom. The molecule has 0 aromatic heterocycles. The van der Waals surface area contributed by atoms with Gasteiger partial charge in [0.15, 0.2) is 0 Å². The van der Waals surface area contributed by atoms with E-state index in [4.69, 9.17) is 9.84 Å². The second-order valence-corrected chi connectivity index (χ2v) is 14.3. The minimum Gasteiger partial charge on any atom is -0.480 e. The van der Waals surface area contributed by atoms with Gasteiger partial charge in [0, 0.05) is 12.8 Å². The summed E-state index contributed by atoms with van der Waals surface area (Å²) < 4.78 is 5.94. The average molecular weight is 678 g/mol. The Kier molecular flexibility index (Phi) is 36.5. The maximum absolute atomic E-state index is 12.7. The standard InChI is InChI=1S/C42H79NO5/c1-3-5-7-9-11-13-14-15-16-17-18-19-20-21-23-29-33-37-42(47)48-39(34-30-26-22-12-10-8-6-4-2)35-31-27-24-25-28-32-36-40(44)43-38-41(45)46/h30,34,39H,3-29,31-33,35-38H2,1-2H3,(H,43,44)(H,45,46)/b34-30-. The van der Waals surface area contributed by atoms with Gasteiger partial charge < -0.3 is 15.2 Å². The van der Waals surface area contributed by atoms with Crippen molar-refractivity contribution in [3.63, 3.8) is 0 Å². The summed E-state index contributed by atoms with van der Waals surface area (Å²) in [6, 6.07) is 0. The highest BCUT2D eigenvalue weighted by Crippen LogP contribution is 2.17. The van der Waals surface area contributed by atoms with Crippen LogP contribution in [-0.4, -0.2) is 35.6 Å². The summed E-state index contributed by atoms with van der Waals surface area (Å²) >= 11 is 0. The first-order chi connectivity index (χ1) is 23.5. The number of allylic oxidation sites excluding steroid dienone is 1. The number of carboxylic acid groups (broad SMARTS) is 1. The summed E-state index contributed by atoms with van der Waals surface area (Å²) in [4.78, 5) is 34.8. The van der Waals surface area contributed by atoms with Crippen LogP contribution >= 0.6 is 0 Å². The van der Waals surface area contributed by atoms with Gasteiger partial charge in [-0.3, -0.25) is 14.4 Å². The van der Waals surface area contributed by atoms with Gasteiger partial charge in [-0.25, -0.2) is 0 Å². The van der Waals surface area contributed by atoms with E-state index in [0.717, 1.165) is 64.2 Å². The van der Waals surface area contributed by atoms with Crippen LogP contribution in [0.4, 0.5) is 0 Å². The van der Waals surface area contributed by atoms with E-state index in [2.05, 4.69) is 31.3 Å². The molecule has 2 N–H and O–H groups in total. The summed E-state index contributed by atoms with van der Waals surface area (Å²) in [6.07, 6.45) is 43.6. The van der Waals surface area contributed by atoms with Gasteiger partial charge in [0.25, 0.3) is 0 Å². The molecule has 0 spiro atoms. The highest BCUT2D eigenvalue weighted by molar-refractivity contribution is 5.80. The van der Waals surface area contributed by atoms with Crippen molar-refractivity contribution in [1.29, 1.82) is 0 Å². The molecule has 282 valence electrons. The minimum absolute atomic E-state index is 0.0497. The van der Waals surface area contributed by atoms with Crippen LogP contribution in [0.3, 0.4) is 0 Å². The molecule has 0 saturated carbocycles. The van der Waals surface area contributed by atoms with E-state index >= 15 is 0 Å². The molecule has 0 bridgehead atoms. The van der Waals surface area contributed by atoms with E-state index in [0.29, 0.717) is 12.8 Å². The van der Waals surface area contributed by atoms with Crippen LogP contribution in [0.2, 0.25) is 0 Å². The largest absolute Gasteiger partial charge is 0.480 e. The number of nitrogens with one attached hydrogen (secondary N) is 1. The second kappa shape index (κ2) is 38.0. The molecular weight excluding hydrogens is 598 g/mol. The number of esters is 1. The third-order valence-electron chi connectivity index (χ3n) is 9.42. The lowest BCUT2D eigenvalue weighted by molar-refractivity contribution is -0.147. The van der Waals surface area contributed by atoms with Crippen LogP contribution in [0.15, 0.2) is 12.2 Å². The highest BCUT2D eigenvalue weighted by atomic mass is 16.5. The summed E-state index contributed by atoms with van der Waals surface area (Å²) in [5.41, 5.74) is 0. The Bertz CT molecular complexity index is 752. The van der Waals surface area contributed by atoms with Crippen LogP contribution in [0.1, 0.15) is 226 Å². The fraction of sp³-hybridized carbons (Fsp3) is 0.881. The number of carbonyl (C=O) groups excluding carboxylic acids is 2. The van der Waals surface area contributed by atoms with Crippen molar-refractivity contribution < 1.29 is 24.2 Å². The Balaban J connectivity index is 4.04. The molecule has 0 rings (SSSR count). The number of hydrogen-bond donors (Lipinski definition) is 2. The number of amides is 1. The van der Waals surface area contributed by atoms with Crippen LogP contribution in [-0.2, 0) is 19.1 Å². The molecule has 0 heterocycles. The normalized spacial score (nSPS) is 12.0. The Labute approximate surface area is 297 Å². The first-order valence-electron chi connectivity index (χ1n) is 20.8. The first kappa shape index (κ1) is 46.1. The molecule has 0 aromatic rings. The molecule has 0 aliphatic heterocycles. The average Bonchev–Trinajstić information content (AvgIpc) is 3.07. The van der Waals surface area contributed by atoms with E-state index in [1.165, 1.54) is 135 Å². The van der Waals surface area contributed by atoms with E-state index in [1.807, 2.05) is 0 Å². The Morgan fingerprint density at radius 2 is 0.938 bits per heavy atom. The van der Waals surface area contributed by atoms with E-state index in [-0.39, 0.29) is 24.5 Å². The van der Waals surface area contributed by atoms with Gasteiger partial charge in [0.1, 0.15) is 12.6 Å². The molecule has 48 heavy (non-hydrogen) atoms. The maximum Gasteiger partial charge on any atom is 0.322 e. The van der Waals surface area contributed by atoms with E-state index in [9.17, 15) is 14.4 Å². The smallest absolute Gasteiger partial charge is 0.322 e. The molecular formula is C42H79NO5. The summed E-state index contributed by atoms with van der Waals surface area (Å²) in [6.45, 7) is 4.22. The second-order valence-electron chi connectivity index (χ2n) is 14.3. The molecule has 6 nitrogen and oxygen atoms in total. The van der Waals surface area contributed by atoms with Gasteiger partial charge >= 0.3 is 11.9 Å². The fourth-order valence-electron chi connectivity index (χ4n) is 6.31. The van der Waals surface area contributed by atoms with Crippen LogP contribution in [0.5, 0.6) is 0 Å². The lowest BCUT2D eigenvalue weighted by Gasteiger charge is -2.15. The molecule has 1 atom stereocenters. The number of ether oxygens (including phenoxy) is 1. The summed E-state index contributed by atoms with van der Waals surface area (Å²) in [7, 11) is 0. The SMILES string of the molecule is CCCCCCCC/C=C\C(CCCCCCCCC(=O)NCC(=O)O)OC(=O)CCCCCCCCCCCCCCCCCCC. The Morgan fingerprint density at radius 1 is 0.542 bits per heavy atom. The van der Waals surface area contributed by atoms with Crippen molar-refractivity contribution in [3.8, 4) is 0 Å². The number of carbonyl (C=O) groups is 3. The molecule has 6 heteroatoms. The zero-order chi connectivity index (χ0) is 35.2. The molecule has 0 aliphatic carbocycles. The van der Waals surface area contributed by atoms with Crippen molar-refractivity contribution in [1.82, 2.24) is 5.32 Å². The molecule has 0 fully saturated rings. The van der Waals surface area contributed by atoms with Gasteiger partial charge in [-0.05, 0) is 44.6 Å². The lowest BCUT2D eigenvalue weighted by atomic mass is 10.0. The van der Waals surface area contributed by atoms with Crippen molar-refractivity contribution in [2.24, 2.45) is 0 Å². The zero-order valence-corrected chi connectivity index (χ0v) is 31.9. The predicted octanol–water partition coefficient (Wildman–Crippen LogP) is 12.6. The first-order valence-corrected chi connectivity index (χ1v) is 20.8. The lowest BCUT2D eigenvalue weighted by Crippen LogP contribution is -2.28. The maximum atomic E-state index is 12.7. The highest BCUT2D eigenvalue weighted by Gasteiger charge is 2.12. The predicted molar refractivity (Wildman–Crippen MR) is 203 cm³/mol. The van der Waals surface area contributed by atoms with Gasteiger partial charge in [0.05, 0.1) is 0 Å². The molecule has 0 saturated heterocycles. The van der Waals surface area contributed by atoms with Gasteiger partial charge in [-0.2, -0.15) is 0 Å². The van der Waals surface area contributed by atoms with Crippen LogP contribution < -0.4 is 5.32 Å². The number of unbranched alkanes of at least 4 members (excludes halogenated alkanes) is 27. The monoisotopic (exact) mass is 678 g/mol. The number of carboxylic acids is 1. The molecule has 1 amide bonds. The minimum atomic E-state index is -1.01. The number of rotatable bonds is 38. The van der Waals surface area contributed by atoms with Crippen molar-refractivity contribution in [3.05, 3.63) is 12.2 Å². The van der Waals surface area contributed by atoms with Gasteiger partial charge in [-0.1, -0.05) is 180 Å². The third kappa shape index (κ3) is 37.0. The van der Waals surface area contributed by atoms with Crippen molar-refractivity contribution in [2.75, 3.05) is 6.54 Å². The molecule has 0 radical (unpaired) electrons. The molecule has 0 aliphatic rings. The van der Waals surface area contributed by atoms with E-state index < -0.39 is 5.97 Å². The van der Waals surface area contributed by atoms with Crippen LogP contribution in [0.25, 0.3) is 0 Å². The topological polar surface area (TPSA) is 92.7 Å². The van der Waals surface area contributed by atoms with Gasteiger partial charge in [-0.15, -0.1) is 0 Å². The van der Waals surface area contributed by atoms with Crippen molar-refractivity contribution >= 4 is 17.8 Å². The third-order valence-corrected chi connectivity index (χ3v) is 9.42. The quantitative estimate of drug-likeness (QED) is 0.0385. The molecule has 1 unspecified atom stereocenters. The number of hydrogen-bond acceptors (Lipinski definition) is 4. The fourth-order valence-corrected chi connectivity index (χ4v) is 6.31. The molecule has 0 aromatic carbocycles. The van der Waals surface area contributed by atoms with Gasteiger partial charge in [0.2, 0.25) is 5.91 Å². The van der Waals surface area contributed by atoms with E-state index in [1.54, 1.807) is 0 Å². The summed E-state index contributed by atoms with van der Waals surface area (Å²) in [5.74, 6) is -1.25. The zero-order valence-electron chi connectivity index (χ0n) is 31.9. The van der Waals surface area contributed by atoms with Crippen LogP contribution in [0, 0.1) is 0 Å². The summed E-state index contributed by atoms with van der Waals surface area (Å²) in [5, 5.41) is 11.0. The van der Waals surface area contributed by atoms with Crippen molar-refractivity contribution in [2.45, 2.75) is 232 Å².